The van der Waals surface area contributed by atoms with Gasteiger partial charge in [0.1, 0.15) is 5.70 Å². The fourth-order valence-electron chi connectivity index (χ4n) is 3.44. The van der Waals surface area contributed by atoms with Crippen molar-refractivity contribution in [3.8, 4) is 5.69 Å². The van der Waals surface area contributed by atoms with Crippen LogP contribution < -0.4 is 10.2 Å². The van der Waals surface area contributed by atoms with Gasteiger partial charge in [-0.1, -0.05) is 11.6 Å². The van der Waals surface area contributed by atoms with Gasteiger partial charge in [0.2, 0.25) is 0 Å². The van der Waals surface area contributed by atoms with Crippen molar-refractivity contribution >= 4 is 57.9 Å². The molecule has 1 aliphatic heterocycles. The zero-order valence-corrected chi connectivity index (χ0v) is 18.7. The van der Waals surface area contributed by atoms with E-state index in [4.69, 9.17) is 11.6 Å². The van der Waals surface area contributed by atoms with Crippen LogP contribution in [0.25, 0.3) is 11.8 Å². The van der Waals surface area contributed by atoms with Crippen molar-refractivity contribution in [1.29, 1.82) is 0 Å². The summed E-state index contributed by atoms with van der Waals surface area (Å²) >= 11 is 8.18. The second-order valence-corrected chi connectivity index (χ2v) is 8.43. The van der Waals surface area contributed by atoms with Crippen LogP contribution in [-0.2, 0) is 4.79 Å². The molecule has 5 nitrogen and oxygen atoms in total. The minimum atomic E-state index is -0.477. The van der Waals surface area contributed by atoms with Crippen LogP contribution in [0.2, 0.25) is 5.02 Å². The van der Waals surface area contributed by atoms with Gasteiger partial charge in [-0.3, -0.25) is 4.79 Å². The molecule has 1 N–H and O–H groups in total. The zero-order chi connectivity index (χ0) is 20.7. The minimum Gasteiger partial charge on any atom is -0.318 e. The van der Waals surface area contributed by atoms with E-state index in [1.165, 1.54) is 0 Å². The third kappa shape index (κ3) is 3.70. The van der Waals surface area contributed by atoms with E-state index in [9.17, 15) is 9.59 Å². The Hall–Kier alpha value is -2.58. The second kappa shape index (κ2) is 7.68. The summed E-state index contributed by atoms with van der Waals surface area (Å²) in [5, 5.41) is 3.22. The van der Waals surface area contributed by atoms with E-state index in [2.05, 4.69) is 56.7 Å². The first-order valence-electron chi connectivity index (χ1n) is 8.93. The van der Waals surface area contributed by atoms with Gasteiger partial charge in [0, 0.05) is 25.7 Å². The van der Waals surface area contributed by atoms with Crippen molar-refractivity contribution in [2.24, 2.45) is 0 Å². The quantitative estimate of drug-likeness (QED) is 0.285. The Kier molecular flexibility index (Phi) is 5.23. The first-order valence-corrected chi connectivity index (χ1v) is 10.4. The molecule has 7 heteroatoms. The first kappa shape index (κ1) is 19.7. The minimum absolute atomic E-state index is 0.243. The van der Waals surface area contributed by atoms with Gasteiger partial charge in [0.15, 0.2) is 0 Å². The first-order chi connectivity index (χ1) is 13.8. The molecule has 0 radical (unpaired) electrons. The lowest BCUT2D eigenvalue weighted by atomic mass is 10.2. The van der Waals surface area contributed by atoms with Crippen LogP contribution in [0.4, 0.5) is 10.5 Å². The smallest absolute Gasteiger partial charge is 0.318 e. The molecular formula is C22H17ClIN3O2. The maximum absolute atomic E-state index is 12.8. The number of nitrogens with one attached hydrogen (secondary N) is 1. The summed E-state index contributed by atoms with van der Waals surface area (Å²) in [4.78, 5) is 26.4. The number of imide groups is 1. The van der Waals surface area contributed by atoms with Crippen molar-refractivity contribution in [2.75, 3.05) is 4.90 Å². The van der Waals surface area contributed by atoms with E-state index in [0.29, 0.717) is 10.7 Å². The number of amides is 3. The molecule has 2 heterocycles. The summed E-state index contributed by atoms with van der Waals surface area (Å²) in [5.74, 6) is -0.392. The Bertz CT molecular complexity index is 1150. The molecule has 0 atom stereocenters. The van der Waals surface area contributed by atoms with Gasteiger partial charge in [0.25, 0.3) is 5.91 Å². The van der Waals surface area contributed by atoms with Crippen molar-refractivity contribution in [2.45, 2.75) is 13.8 Å². The monoisotopic (exact) mass is 517 g/mol. The number of rotatable bonds is 3. The predicted octanol–water partition coefficient (Wildman–Crippen LogP) is 5.45. The largest absolute Gasteiger partial charge is 0.333 e. The summed E-state index contributed by atoms with van der Waals surface area (Å²) < 4.78 is 3.29. The van der Waals surface area contributed by atoms with Gasteiger partial charge in [-0.15, -0.1) is 0 Å². The highest BCUT2D eigenvalue weighted by Gasteiger charge is 2.35. The lowest BCUT2D eigenvalue weighted by Gasteiger charge is -2.11. The standard InChI is InChI=1S/C22H17ClIN3O2/c1-13-11-15(14(2)26(13)18-9-5-17(24)6-10-18)12-20-21(28)27(22(29)25-20)19-7-3-16(23)4-8-19/h3-12H,1-2H3,(H,25,29)/b20-12-. The number of nitrogens with zero attached hydrogens (tertiary/aromatic N) is 2. The van der Waals surface area contributed by atoms with Crippen LogP contribution in [0.15, 0.2) is 60.3 Å². The second-order valence-electron chi connectivity index (χ2n) is 6.74. The van der Waals surface area contributed by atoms with Crippen LogP contribution in [0.3, 0.4) is 0 Å². The summed E-state index contributed by atoms with van der Waals surface area (Å²) in [6.07, 6.45) is 1.72. The number of aryl methyl sites for hydroxylation is 1. The van der Waals surface area contributed by atoms with E-state index in [1.807, 2.05) is 19.9 Å². The maximum atomic E-state index is 12.8. The van der Waals surface area contributed by atoms with Gasteiger partial charge in [-0.25, -0.2) is 9.69 Å². The fraction of sp³-hybridized carbons (Fsp3) is 0.0909. The number of anilines is 1. The molecule has 4 rings (SSSR count). The molecule has 146 valence electrons. The van der Waals surface area contributed by atoms with Crippen molar-refractivity contribution in [3.05, 3.63) is 85.8 Å². The average Bonchev–Trinajstić information content (AvgIpc) is 3.12. The third-order valence-electron chi connectivity index (χ3n) is 4.82. The number of carbonyl (C=O) groups excluding carboxylic acids is 2. The molecule has 0 saturated carbocycles. The molecule has 0 bridgehead atoms. The van der Waals surface area contributed by atoms with Crippen LogP contribution in [-0.4, -0.2) is 16.5 Å². The summed E-state index contributed by atoms with van der Waals surface area (Å²) in [6, 6.07) is 16.3. The highest BCUT2D eigenvalue weighted by Crippen LogP contribution is 2.27. The molecule has 2 aromatic carbocycles. The Balaban J connectivity index is 1.69. The topological polar surface area (TPSA) is 54.3 Å². The van der Waals surface area contributed by atoms with Crippen LogP contribution in [0.5, 0.6) is 0 Å². The summed E-state index contributed by atoms with van der Waals surface area (Å²) in [5.41, 5.74) is 4.68. The predicted molar refractivity (Wildman–Crippen MR) is 123 cm³/mol. The molecule has 0 aliphatic carbocycles. The number of halogens is 2. The van der Waals surface area contributed by atoms with Gasteiger partial charge >= 0.3 is 6.03 Å². The van der Waals surface area contributed by atoms with Crippen molar-refractivity contribution < 1.29 is 9.59 Å². The molecule has 3 amide bonds. The number of hydrogen-bond acceptors (Lipinski definition) is 2. The highest BCUT2D eigenvalue weighted by molar-refractivity contribution is 14.1. The number of aromatic nitrogens is 1. The number of hydrogen-bond donors (Lipinski definition) is 1. The van der Waals surface area contributed by atoms with Crippen LogP contribution in [0, 0.1) is 17.4 Å². The van der Waals surface area contributed by atoms with E-state index in [-0.39, 0.29) is 5.70 Å². The normalized spacial score (nSPS) is 15.3. The lowest BCUT2D eigenvalue weighted by Crippen LogP contribution is -2.30. The molecule has 1 fully saturated rings. The summed E-state index contributed by atoms with van der Waals surface area (Å²) in [7, 11) is 0. The van der Waals surface area contributed by atoms with Gasteiger partial charge in [-0.05, 0) is 103 Å². The number of carbonyl (C=O) groups is 2. The van der Waals surface area contributed by atoms with E-state index in [0.717, 1.165) is 31.1 Å². The highest BCUT2D eigenvalue weighted by atomic mass is 127. The molecular weight excluding hydrogens is 501 g/mol. The van der Waals surface area contributed by atoms with E-state index < -0.39 is 11.9 Å². The lowest BCUT2D eigenvalue weighted by molar-refractivity contribution is -0.113. The Morgan fingerprint density at radius 3 is 2.24 bits per heavy atom. The molecule has 29 heavy (non-hydrogen) atoms. The molecule has 3 aromatic rings. The molecule has 1 aliphatic rings. The van der Waals surface area contributed by atoms with Gasteiger partial charge < -0.3 is 9.88 Å². The Labute approximate surface area is 187 Å². The van der Waals surface area contributed by atoms with E-state index >= 15 is 0 Å². The van der Waals surface area contributed by atoms with Crippen molar-refractivity contribution in [1.82, 2.24) is 9.88 Å². The third-order valence-corrected chi connectivity index (χ3v) is 5.79. The Morgan fingerprint density at radius 2 is 1.59 bits per heavy atom. The molecule has 1 saturated heterocycles. The Morgan fingerprint density at radius 1 is 0.966 bits per heavy atom. The van der Waals surface area contributed by atoms with E-state index in [1.54, 1.807) is 30.3 Å². The number of urea groups is 1. The van der Waals surface area contributed by atoms with Gasteiger partial charge in [0.05, 0.1) is 5.69 Å². The fourth-order valence-corrected chi connectivity index (χ4v) is 3.92. The summed E-state index contributed by atoms with van der Waals surface area (Å²) in [6.45, 7) is 4.01. The molecule has 1 aromatic heterocycles. The molecule has 0 unspecified atom stereocenters. The van der Waals surface area contributed by atoms with Crippen molar-refractivity contribution in [3.63, 3.8) is 0 Å². The molecule has 0 spiro atoms. The SMILES string of the molecule is Cc1cc(/C=C2\NC(=O)N(c3ccc(Cl)cc3)C2=O)c(C)n1-c1ccc(I)cc1. The van der Waals surface area contributed by atoms with Crippen LogP contribution >= 0.6 is 34.2 Å². The number of benzene rings is 2. The maximum Gasteiger partial charge on any atom is 0.333 e. The van der Waals surface area contributed by atoms with Gasteiger partial charge in [-0.2, -0.15) is 0 Å². The zero-order valence-electron chi connectivity index (χ0n) is 15.7. The average molecular weight is 518 g/mol. The van der Waals surface area contributed by atoms with Crippen LogP contribution in [0.1, 0.15) is 17.0 Å².